The quantitative estimate of drug-likeness (QED) is 0.896. The smallest absolute Gasteiger partial charge is 0.231 e. The molecule has 3 rings (SSSR count). The van der Waals surface area contributed by atoms with Gasteiger partial charge in [0.2, 0.25) is 5.91 Å². The Balaban J connectivity index is 0.00000133. The molecule has 0 spiro atoms. The minimum Gasteiger partial charge on any atom is -0.497 e. The van der Waals surface area contributed by atoms with Crippen LogP contribution in [0.15, 0.2) is 18.2 Å². The van der Waals surface area contributed by atoms with Crippen molar-refractivity contribution in [3.8, 4) is 5.75 Å². The molecule has 4 nitrogen and oxygen atoms in total. The molecule has 1 saturated heterocycles. The van der Waals surface area contributed by atoms with Crippen LogP contribution in [0.25, 0.3) is 0 Å². The maximum atomic E-state index is 12.4. The zero-order valence-electron chi connectivity index (χ0n) is 11.0. The molecule has 0 radical (unpaired) electrons. The number of anilines is 1. The van der Waals surface area contributed by atoms with E-state index in [0.717, 1.165) is 43.9 Å². The van der Waals surface area contributed by atoms with Crippen LogP contribution in [0, 0.1) is 5.92 Å². The Kier molecular flexibility index (Phi) is 4.32. The molecule has 1 unspecified atom stereocenters. The molecule has 1 atom stereocenters. The molecular formula is C14H19ClN2O2. The fourth-order valence-electron chi connectivity index (χ4n) is 2.82. The summed E-state index contributed by atoms with van der Waals surface area (Å²) in [5.74, 6) is 1.28. The fraction of sp³-hybridized carbons (Fsp3) is 0.500. The molecule has 19 heavy (non-hydrogen) atoms. The van der Waals surface area contributed by atoms with Gasteiger partial charge < -0.3 is 15.0 Å². The first-order chi connectivity index (χ1) is 8.79. The van der Waals surface area contributed by atoms with E-state index in [2.05, 4.69) is 5.32 Å². The lowest BCUT2D eigenvalue weighted by atomic mass is 10.1. The summed E-state index contributed by atoms with van der Waals surface area (Å²) in [6, 6.07) is 5.97. The predicted molar refractivity (Wildman–Crippen MR) is 77.3 cm³/mol. The summed E-state index contributed by atoms with van der Waals surface area (Å²) in [6.07, 6.45) is 1.89. The highest BCUT2D eigenvalue weighted by atomic mass is 35.5. The van der Waals surface area contributed by atoms with Crippen LogP contribution < -0.4 is 15.0 Å². The molecule has 2 heterocycles. The van der Waals surface area contributed by atoms with E-state index in [1.54, 1.807) is 7.11 Å². The van der Waals surface area contributed by atoms with Crippen molar-refractivity contribution in [2.24, 2.45) is 5.92 Å². The fourth-order valence-corrected chi connectivity index (χ4v) is 2.82. The number of fused-ring (bicyclic) bond motifs is 1. The van der Waals surface area contributed by atoms with Gasteiger partial charge in [-0.05, 0) is 43.1 Å². The largest absolute Gasteiger partial charge is 0.497 e. The molecule has 1 aromatic carbocycles. The summed E-state index contributed by atoms with van der Waals surface area (Å²) in [7, 11) is 1.67. The molecule has 1 fully saturated rings. The van der Waals surface area contributed by atoms with Gasteiger partial charge in [0, 0.05) is 18.8 Å². The van der Waals surface area contributed by atoms with Gasteiger partial charge in [0.05, 0.1) is 13.0 Å². The van der Waals surface area contributed by atoms with Crippen LogP contribution in [-0.2, 0) is 11.2 Å². The molecular weight excluding hydrogens is 264 g/mol. The van der Waals surface area contributed by atoms with Crippen molar-refractivity contribution in [3.05, 3.63) is 23.8 Å². The van der Waals surface area contributed by atoms with Gasteiger partial charge in [-0.15, -0.1) is 12.4 Å². The van der Waals surface area contributed by atoms with Gasteiger partial charge in [-0.3, -0.25) is 4.79 Å². The van der Waals surface area contributed by atoms with E-state index >= 15 is 0 Å². The van der Waals surface area contributed by atoms with Gasteiger partial charge >= 0.3 is 0 Å². The van der Waals surface area contributed by atoms with Crippen molar-refractivity contribution in [2.45, 2.75) is 12.8 Å². The summed E-state index contributed by atoms with van der Waals surface area (Å²) < 4.78 is 5.22. The SMILES string of the molecule is COc1ccc2c(c1)CCN2C(=O)C1CCNC1.Cl. The number of nitrogens with zero attached hydrogens (tertiary/aromatic N) is 1. The van der Waals surface area contributed by atoms with E-state index < -0.39 is 0 Å². The Hall–Kier alpha value is -1.26. The topological polar surface area (TPSA) is 41.6 Å². The first-order valence-corrected chi connectivity index (χ1v) is 6.48. The van der Waals surface area contributed by atoms with Crippen molar-refractivity contribution in [2.75, 3.05) is 31.6 Å². The molecule has 0 aliphatic carbocycles. The number of methoxy groups -OCH3 is 1. The standard InChI is InChI=1S/C14H18N2O2.ClH/c1-18-12-2-3-13-10(8-12)5-7-16(13)14(17)11-4-6-15-9-11;/h2-3,8,11,15H,4-7,9H2,1H3;1H. The highest BCUT2D eigenvalue weighted by Gasteiger charge is 2.31. The van der Waals surface area contributed by atoms with Crippen molar-refractivity contribution in [1.82, 2.24) is 5.32 Å². The number of nitrogens with one attached hydrogen (secondary N) is 1. The normalized spacial score (nSPS) is 20.9. The third-order valence-electron chi connectivity index (χ3n) is 3.86. The van der Waals surface area contributed by atoms with Crippen LogP contribution in [0.1, 0.15) is 12.0 Å². The zero-order valence-corrected chi connectivity index (χ0v) is 11.8. The molecule has 0 aromatic heterocycles. The highest BCUT2D eigenvalue weighted by molar-refractivity contribution is 5.97. The lowest BCUT2D eigenvalue weighted by Crippen LogP contribution is -2.35. The second-order valence-electron chi connectivity index (χ2n) is 4.92. The maximum Gasteiger partial charge on any atom is 0.231 e. The van der Waals surface area contributed by atoms with E-state index in [9.17, 15) is 4.79 Å². The van der Waals surface area contributed by atoms with Crippen molar-refractivity contribution in [3.63, 3.8) is 0 Å². The minimum absolute atomic E-state index is 0. The summed E-state index contributed by atoms with van der Waals surface area (Å²) in [5, 5.41) is 3.25. The van der Waals surface area contributed by atoms with Crippen molar-refractivity contribution < 1.29 is 9.53 Å². The van der Waals surface area contributed by atoms with E-state index in [0.29, 0.717) is 0 Å². The third-order valence-corrected chi connectivity index (χ3v) is 3.86. The van der Waals surface area contributed by atoms with E-state index in [-0.39, 0.29) is 24.2 Å². The highest BCUT2D eigenvalue weighted by Crippen LogP contribution is 2.32. The van der Waals surface area contributed by atoms with Crippen LogP contribution >= 0.6 is 12.4 Å². The first-order valence-electron chi connectivity index (χ1n) is 6.48. The first kappa shape index (κ1) is 14.2. The molecule has 1 N–H and O–H groups in total. The molecule has 1 amide bonds. The third kappa shape index (κ3) is 2.55. The number of hydrogen-bond donors (Lipinski definition) is 1. The van der Waals surface area contributed by atoms with Gasteiger partial charge in [0.25, 0.3) is 0 Å². The number of carbonyl (C=O) groups excluding carboxylic acids is 1. The average molecular weight is 283 g/mol. The van der Waals surface area contributed by atoms with Gasteiger partial charge in [-0.2, -0.15) is 0 Å². The molecule has 2 aliphatic rings. The number of benzene rings is 1. The summed E-state index contributed by atoms with van der Waals surface area (Å²) in [4.78, 5) is 14.4. The Morgan fingerprint density at radius 2 is 2.32 bits per heavy atom. The van der Waals surface area contributed by atoms with Crippen LogP contribution in [0.4, 0.5) is 5.69 Å². The number of hydrogen-bond acceptors (Lipinski definition) is 3. The number of ether oxygens (including phenoxy) is 1. The lowest BCUT2D eigenvalue weighted by molar-refractivity contribution is -0.121. The number of halogens is 1. The Labute approximate surface area is 119 Å². The summed E-state index contributed by atoms with van der Waals surface area (Å²) >= 11 is 0. The van der Waals surface area contributed by atoms with E-state index in [4.69, 9.17) is 4.74 Å². The maximum absolute atomic E-state index is 12.4. The van der Waals surface area contributed by atoms with Crippen LogP contribution in [0.2, 0.25) is 0 Å². The molecule has 0 bridgehead atoms. The van der Waals surface area contributed by atoms with Crippen LogP contribution in [0.3, 0.4) is 0 Å². The van der Waals surface area contributed by atoms with Crippen LogP contribution in [0.5, 0.6) is 5.75 Å². The van der Waals surface area contributed by atoms with Gasteiger partial charge in [-0.25, -0.2) is 0 Å². The average Bonchev–Trinajstić information content (AvgIpc) is 3.06. The van der Waals surface area contributed by atoms with E-state index in [1.807, 2.05) is 23.1 Å². The molecule has 0 saturated carbocycles. The zero-order chi connectivity index (χ0) is 12.5. The van der Waals surface area contributed by atoms with Crippen LogP contribution in [-0.4, -0.2) is 32.7 Å². The molecule has 2 aliphatic heterocycles. The Morgan fingerprint density at radius 3 is 3.00 bits per heavy atom. The molecule has 1 aromatic rings. The van der Waals surface area contributed by atoms with Gasteiger partial charge in [0.1, 0.15) is 5.75 Å². The molecule has 104 valence electrons. The second kappa shape index (κ2) is 5.80. The summed E-state index contributed by atoms with van der Waals surface area (Å²) in [5.41, 5.74) is 2.28. The number of carbonyl (C=O) groups is 1. The Bertz CT molecular complexity index is 473. The van der Waals surface area contributed by atoms with Gasteiger partial charge in [-0.1, -0.05) is 0 Å². The number of amides is 1. The lowest BCUT2D eigenvalue weighted by Gasteiger charge is -2.21. The van der Waals surface area contributed by atoms with E-state index in [1.165, 1.54) is 5.56 Å². The number of rotatable bonds is 2. The second-order valence-corrected chi connectivity index (χ2v) is 4.92. The molecule has 5 heteroatoms. The monoisotopic (exact) mass is 282 g/mol. The summed E-state index contributed by atoms with van der Waals surface area (Å²) in [6.45, 7) is 2.58. The van der Waals surface area contributed by atoms with Gasteiger partial charge in [0.15, 0.2) is 0 Å². The van der Waals surface area contributed by atoms with Crippen molar-refractivity contribution >= 4 is 24.0 Å². The minimum atomic E-state index is 0. The Morgan fingerprint density at radius 1 is 1.47 bits per heavy atom. The van der Waals surface area contributed by atoms with Crippen molar-refractivity contribution in [1.29, 1.82) is 0 Å². The predicted octanol–water partition coefficient (Wildman–Crippen LogP) is 1.62.